The van der Waals surface area contributed by atoms with Crippen LogP contribution in [-0.4, -0.2) is 277 Å². The standard InChI is InChI=1S/C36H38O21.C22H18O11.C22H18O10.C15H14O6/c1-11-23(41)28(46)30(48)35(53-11)52-10-21-26(44)29(47)33(56-34(49)13-4-16(39)24(42)17(40)5-13)36(55-21)57-32-27(45)22-15(38)8-14(37)9-18(22)54-31(32)12-6-19(50-2)25(43)20(7-12)51-3;23-10-5-12(24)11-7-18(33-22(31)9-3-15(27)20(30)16(28)4-9)21(32-17(11)6-10)8-1-13(25)19(29)14(26)2-8;23-11-6-14(25)12-8-19(32-22(30)10-4-16(27)20(29)17(28)5-10)21(31-18(12)7-11)9-1-2-13(24)15(26)3-9;16-8-4-11(18)9-6-13(20)15(21-14(9)5-8)7-1-2-10(17)12(19)3-7/h4-9,11,21,23,26,28-30,33,35-44,46-48H,10H2,1-3H3;1-6,18,21,23-30H,7H2;1-7,19,21,23-29H,8H2;1-5,13,15-20H,6H2/t11?,21?,23-,26-,28?,29?,30-,33+,35+,36+;18-,21-;19-,21-;13-,15+/m0110/s1. The van der Waals surface area contributed by atoms with Gasteiger partial charge in [-0.25, -0.2) is 14.4 Å². The second kappa shape index (κ2) is 40.9. The van der Waals surface area contributed by atoms with Crippen molar-refractivity contribution in [1.82, 2.24) is 0 Å². The van der Waals surface area contributed by atoms with Crippen LogP contribution >= 0.6 is 0 Å². The van der Waals surface area contributed by atoms with Gasteiger partial charge in [-0.15, -0.1) is 0 Å². The largest absolute Gasteiger partial charge is 0.508 e. The predicted molar refractivity (Wildman–Crippen MR) is 475 cm³/mol. The molecule has 756 valence electrons. The SMILES string of the molecule is COc1cc(-c2oc3cc(O)cc(O)c3c(=O)c2O[C@H]2OC(CO[C@@H]3OC(C)[C@H](O)C(O)[C@@H]3O)[C@H](O)C(O)[C@H]2OC(=O)c2cc(O)c(O)c(O)c2)cc(OC)c1O.O=C(O[C@@H]1Cc2c(O)cc(O)cc2O[C@@H]1c1cc(O)c(O)c(O)c1)c1cc(O)c(O)c(O)c1.O=C(O[C@@H]1Cc2c(O)cc(O)cc2O[C@@H]1c1ccc(O)c(O)c1)c1cc(O)c(O)c(O)c1.Oc1cc(O)c2c(c1)O[C@H](c1ccc(O)c(O)c1)[C@@H](O)C2. The molecule has 4 unspecified atom stereocenters. The van der Waals surface area contributed by atoms with Crippen LogP contribution in [0.25, 0.3) is 22.3 Å². The van der Waals surface area contributed by atoms with Crippen molar-refractivity contribution in [3.05, 3.63) is 206 Å². The number of benzene rings is 11. The number of ether oxygens (including phenoxy) is 12. The fraction of sp³-hybridized carbons (Fsp3) is 0.242. The van der Waals surface area contributed by atoms with Gasteiger partial charge in [-0.1, -0.05) is 12.1 Å². The maximum atomic E-state index is 14.2. The lowest BCUT2D eigenvalue weighted by Gasteiger charge is -2.43. The lowest BCUT2D eigenvalue weighted by Crippen LogP contribution is -2.62. The fourth-order valence-electron chi connectivity index (χ4n) is 15.7. The molecule has 16 atom stereocenters. The van der Waals surface area contributed by atoms with Crippen molar-refractivity contribution in [2.24, 2.45) is 0 Å². The van der Waals surface area contributed by atoms with Gasteiger partial charge in [0.15, 0.2) is 134 Å². The number of aliphatic hydroxyl groups excluding tert-OH is 6. The van der Waals surface area contributed by atoms with Crippen molar-refractivity contribution in [3.8, 4) is 190 Å². The molecule has 0 bridgehead atoms. The van der Waals surface area contributed by atoms with Crippen LogP contribution < -0.4 is 33.8 Å². The van der Waals surface area contributed by atoms with E-state index < -0.39 is 242 Å². The van der Waals surface area contributed by atoms with Crippen molar-refractivity contribution >= 4 is 28.9 Å². The van der Waals surface area contributed by atoms with E-state index in [2.05, 4.69) is 0 Å². The molecule has 5 aliphatic heterocycles. The minimum Gasteiger partial charge on any atom is -0.508 e. The van der Waals surface area contributed by atoms with Gasteiger partial charge in [-0.2, -0.15) is 0 Å². The molecule has 17 rings (SSSR count). The van der Waals surface area contributed by atoms with Gasteiger partial charge in [-0.3, -0.25) is 4.79 Å². The summed E-state index contributed by atoms with van der Waals surface area (Å²) in [7, 11) is 2.42. The number of rotatable bonds is 17. The van der Waals surface area contributed by atoms with Gasteiger partial charge in [0.25, 0.3) is 0 Å². The highest BCUT2D eigenvalue weighted by Gasteiger charge is 2.52. The van der Waals surface area contributed by atoms with Gasteiger partial charge in [0.1, 0.15) is 129 Å². The number of aliphatic hydroxyl groups is 6. The molecule has 48 nitrogen and oxygen atoms in total. The van der Waals surface area contributed by atoms with Crippen LogP contribution in [0.1, 0.15) is 89.7 Å². The molecule has 5 aliphatic rings. The second-order valence-corrected chi connectivity index (χ2v) is 32.7. The third-order valence-corrected chi connectivity index (χ3v) is 23.0. The smallest absolute Gasteiger partial charge is 0.339 e. The summed E-state index contributed by atoms with van der Waals surface area (Å²) in [5.74, 6) is -18.7. The predicted octanol–water partition coefficient (Wildman–Crippen LogP) is 5.91. The first-order chi connectivity index (χ1) is 67.6. The third-order valence-electron chi connectivity index (χ3n) is 23.0. The summed E-state index contributed by atoms with van der Waals surface area (Å²) in [6.45, 7) is 0.634. The van der Waals surface area contributed by atoms with Crippen LogP contribution in [0.5, 0.6) is 178 Å². The second-order valence-electron chi connectivity index (χ2n) is 32.7. The monoisotopic (exact) mass is 2000 g/mol. The summed E-state index contributed by atoms with van der Waals surface area (Å²) in [6, 6.07) is 26.5. The van der Waals surface area contributed by atoms with Crippen LogP contribution in [0.3, 0.4) is 0 Å². The third kappa shape index (κ3) is 21.1. The molecule has 2 fully saturated rings. The highest BCUT2D eigenvalue weighted by Crippen LogP contribution is 2.52. The zero-order valence-electron chi connectivity index (χ0n) is 73.7. The Morgan fingerprint density at radius 1 is 0.357 bits per heavy atom. The topological polar surface area (TPSA) is 819 Å². The molecule has 0 radical (unpaired) electrons. The van der Waals surface area contributed by atoms with Crippen molar-refractivity contribution in [1.29, 1.82) is 0 Å². The first kappa shape index (κ1) is 101. The number of phenolic OH excluding ortho intramolecular Hbond substituents is 25. The Morgan fingerprint density at radius 2 is 0.741 bits per heavy atom. The number of fused-ring (bicyclic) bond motifs is 4. The first-order valence-corrected chi connectivity index (χ1v) is 42.1. The Labute approximate surface area is 800 Å². The number of aromatic hydroxyl groups is 25. The van der Waals surface area contributed by atoms with E-state index >= 15 is 0 Å². The van der Waals surface area contributed by atoms with Gasteiger partial charge in [-0.05, 0) is 97.4 Å². The number of methoxy groups -OCH3 is 2. The van der Waals surface area contributed by atoms with E-state index in [0.29, 0.717) is 28.8 Å². The molecular formula is C95H88O48. The number of carbonyl (C=O) groups is 3. The molecule has 48 heteroatoms. The summed E-state index contributed by atoms with van der Waals surface area (Å²) < 4.78 is 73.1. The molecule has 0 spiro atoms. The van der Waals surface area contributed by atoms with E-state index in [1.165, 1.54) is 93.9 Å². The average molecular weight is 2000 g/mol. The summed E-state index contributed by atoms with van der Waals surface area (Å²) in [5, 5.41) is 309. The van der Waals surface area contributed by atoms with Crippen LogP contribution in [0.4, 0.5) is 0 Å². The summed E-state index contributed by atoms with van der Waals surface area (Å²) >= 11 is 0. The summed E-state index contributed by atoms with van der Waals surface area (Å²) in [5.41, 5.74) is -0.974. The molecule has 0 amide bonds. The molecule has 6 heterocycles. The van der Waals surface area contributed by atoms with E-state index in [1.54, 1.807) is 0 Å². The molecule has 0 aliphatic carbocycles. The maximum absolute atomic E-state index is 14.2. The number of hydrogen-bond acceptors (Lipinski definition) is 48. The number of hydrogen-bond donors (Lipinski definition) is 31. The minimum absolute atomic E-state index is 0.0461. The van der Waals surface area contributed by atoms with E-state index in [9.17, 15) is 177 Å². The zero-order valence-corrected chi connectivity index (χ0v) is 73.7. The quantitative estimate of drug-likeness (QED) is 0.0286. The molecule has 2 saturated heterocycles. The van der Waals surface area contributed by atoms with E-state index in [1.807, 2.05) is 0 Å². The van der Waals surface area contributed by atoms with Crippen molar-refractivity contribution in [3.63, 3.8) is 0 Å². The lowest BCUT2D eigenvalue weighted by atomic mass is 9.93. The minimum atomic E-state index is -2.17. The van der Waals surface area contributed by atoms with Crippen molar-refractivity contribution in [2.45, 2.75) is 124 Å². The molecule has 31 N–H and O–H groups in total. The van der Waals surface area contributed by atoms with Crippen molar-refractivity contribution in [2.75, 3.05) is 20.8 Å². The molecule has 143 heavy (non-hydrogen) atoms. The van der Waals surface area contributed by atoms with Crippen LogP contribution in [-0.2, 0) is 47.7 Å². The normalized spacial score (nSPS) is 21.8. The van der Waals surface area contributed by atoms with Gasteiger partial charge in [0.05, 0.1) is 49.7 Å². The molecule has 12 aromatic rings. The maximum Gasteiger partial charge on any atom is 0.339 e. The Bertz CT molecular complexity index is 6840. The molecule has 1 aromatic heterocycles. The number of esters is 3. The number of carbonyl (C=O) groups excluding carboxylic acids is 3. The fourth-order valence-corrected chi connectivity index (χ4v) is 15.7. The Balaban J connectivity index is 0.000000161. The molecule has 0 saturated carbocycles. The zero-order chi connectivity index (χ0) is 104. The van der Waals surface area contributed by atoms with E-state index in [4.69, 9.17) is 61.3 Å². The average Bonchev–Trinajstić information content (AvgIpc) is 0.744. The Kier molecular flexibility index (Phi) is 29.0. The molecular weight excluding hydrogens is 1910 g/mol. The Hall–Kier alpha value is -17.5. The van der Waals surface area contributed by atoms with Crippen molar-refractivity contribution < 1.29 is 234 Å². The van der Waals surface area contributed by atoms with Crippen LogP contribution in [0.15, 0.2) is 155 Å². The highest BCUT2D eigenvalue weighted by molar-refractivity contribution is 5.93. The van der Waals surface area contributed by atoms with Gasteiger partial charge in [0.2, 0.25) is 23.2 Å². The highest BCUT2D eigenvalue weighted by atomic mass is 16.7. The van der Waals surface area contributed by atoms with Crippen LogP contribution in [0, 0.1) is 0 Å². The first-order valence-electron chi connectivity index (χ1n) is 42.1. The van der Waals surface area contributed by atoms with Gasteiger partial charge >= 0.3 is 17.9 Å². The van der Waals surface area contributed by atoms with Gasteiger partial charge in [0, 0.05) is 101 Å². The van der Waals surface area contributed by atoms with Crippen LogP contribution in [0.2, 0.25) is 0 Å². The molecule has 11 aromatic carbocycles. The summed E-state index contributed by atoms with van der Waals surface area (Å²) in [4.78, 5) is 53.0. The van der Waals surface area contributed by atoms with E-state index in [0.717, 1.165) is 60.7 Å². The van der Waals surface area contributed by atoms with E-state index in [-0.39, 0.29) is 139 Å². The number of phenols is 25. The van der Waals surface area contributed by atoms with Gasteiger partial charge < -0.3 is 220 Å². The lowest BCUT2D eigenvalue weighted by molar-refractivity contribution is -0.318. The Morgan fingerprint density at radius 3 is 1.17 bits per heavy atom. The summed E-state index contributed by atoms with van der Waals surface area (Å²) in [6.07, 6.45) is -23.9.